The Morgan fingerprint density at radius 3 is 2.38 bits per heavy atom. The van der Waals surface area contributed by atoms with Gasteiger partial charge in [-0.25, -0.2) is 0 Å². The molecule has 0 atom stereocenters. The lowest BCUT2D eigenvalue weighted by Gasteiger charge is -2.09. The molecular weight excluding hydrogens is 158 g/mol. The fourth-order valence-electron chi connectivity index (χ4n) is 1.40. The summed E-state index contributed by atoms with van der Waals surface area (Å²) in [4.78, 5) is 0. The summed E-state index contributed by atoms with van der Waals surface area (Å²) in [6, 6.07) is 6.37. The van der Waals surface area contributed by atoms with E-state index in [0.717, 1.165) is 5.56 Å². The van der Waals surface area contributed by atoms with Crippen LogP contribution in [0.5, 0.6) is 0 Å². The Labute approximate surface area is 80.3 Å². The highest BCUT2D eigenvalue weighted by Gasteiger charge is 2.04. The van der Waals surface area contributed by atoms with Crippen molar-refractivity contribution in [2.75, 3.05) is 0 Å². The van der Waals surface area contributed by atoms with Crippen LogP contribution in [-0.4, -0.2) is 5.71 Å². The standard InChI is InChI=1S/C12H17N/c1-8(2)11-6-5-9(3)12(7-11)10(4)13/h5-8,13H,1-4H3. The predicted molar refractivity (Wildman–Crippen MR) is 57.8 cm³/mol. The Morgan fingerprint density at radius 2 is 1.92 bits per heavy atom. The molecule has 0 amide bonds. The lowest BCUT2D eigenvalue weighted by atomic mass is 9.96. The third kappa shape index (κ3) is 2.18. The van der Waals surface area contributed by atoms with Crippen LogP contribution in [0.2, 0.25) is 0 Å². The van der Waals surface area contributed by atoms with Crippen LogP contribution in [0, 0.1) is 12.3 Å². The molecule has 13 heavy (non-hydrogen) atoms. The van der Waals surface area contributed by atoms with E-state index in [0.29, 0.717) is 11.6 Å². The van der Waals surface area contributed by atoms with Crippen LogP contribution in [0.3, 0.4) is 0 Å². The Hall–Kier alpha value is -1.11. The average Bonchev–Trinajstić information content (AvgIpc) is 2.04. The number of rotatable bonds is 2. The van der Waals surface area contributed by atoms with E-state index < -0.39 is 0 Å². The van der Waals surface area contributed by atoms with Crippen molar-refractivity contribution in [2.24, 2.45) is 0 Å². The lowest BCUT2D eigenvalue weighted by Crippen LogP contribution is -1.98. The molecule has 0 fully saturated rings. The Balaban J connectivity index is 3.19. The third-order valence-corrected chi connectivity index (χ3v) is 2.33. The molecule has 1 nitrogen and oxygen atoms in total. The molecule has 1 aromatic carbocycles. The maximum absolute atomic E-state index is 7.61. The van der Waals surface area contributed by atoms with Crippen LogP contribution in [0.4, 0.5) is 0 Å². The quantitative estimate of drug-likeness (QED) is 0.665. The molecule has 0 aliphatic rings. The van der Waals surface area contributed by atoms with Crippen LogP contribution in [0.1, 0.15) is 43.4 Å². The summed E-state index contributed by atoms with van der Waals surface area (Å²) in [5, 5.41) is 7.61. The van der Waals surface area contributed by atoms with Gasteiger partial charge in [-0.3, -0.25) is 0 Å². The van der Waals surface area contributed by atoms with Gasteiger partial charge in [0, 0.05) is 5.71 Å². The molecule has 0 saturated heterocycles. The summed E-state index contributed by atoms with van der Waals surface area (Å²) in [6.45, 7) is 8.24. The van der Waals surface area contributed by atoms with Crippen LogP contribution in [-0.2, 0) is 0 Å². The van der Waals surface area contributed by atoms with Crippen molar-refractivity contribution < 1.29 is 0 Å². The van der Waals surface area contributed by atoms with Crippen LogP contribution in [0.25, 0.3) is 0 Å². The van der Waals surface area contributed by atoms with Crippen molar-refractivity contribution in [3.63, 3.8) is 0 Å². The summed E-state index contributed by atoms with van der Waals surface area (Å²) >= 11 is 0. The second-order valence-corrected chi connectivity index (χ2v) is 3.85. The topological polar surface area (TPSA) is 23.9 Å². The monoisotopic (exact) mass is 175 g/mol. The average molecular weight is 175 g/mol. The van der Waals surface area contributed by atoms with Gasteiger partial charge in [0.25, 0.3) is 0 Å². The normalized spacial score (nSPS) is 10.5. The first-order chi connectivity index (χ1) is 6.02. The van der Waals surface area contributed by atoms with E-state index >= 15 is 0 Å². The highest BCUT2D eigenvalue weighted by molar-refractivity contribution is 5.97. The maximum Gasteiger partial charge on any atom is 0.0357 e. The molecule has 0 aliphatic heterocycles. The van der Waals surface area contributed by atoms with Gasteiger partial charge < -0.3 is 5.41 Å². The first-order valence-electron chi connectivity index (χ1n) is 4.68. The Bertz CT molecular complexity index is 324. The van der Waals surface area contributed by atoms with E-state index in [1.165, 1.54) is 11.1 Å². The van der Waals surface area contributed by atoms with E-state index in [-0.39, 0.29) is 0 Å². The number of nitrogens with one attached hydrogen (secondary N) is 1. The first kappa shape index (κ1) is 9.97. The van der Waals surface area contributed by atoms with Crippen molar-refractivity contribution in [2.45, 2.75) is 33.6 Å². The molecule has 1 rings (SSSR count). The summed E-state index contributed by atoms with van der Waals surface area (Å²) in [5.41, 5.74) is 4.23. The predicted octanol–water partition coefficient (Wildman–Crippen LogP) is 3.51. The zero-order valence-electron chi connectivity index (χ0n) is 8.81. The van der Waals surface area contributed by atoms with Gasteiger partial charge in [0.15, 0.2) is 0 Å². The van der Waals surface area contributed by atoms with E-state index in [1.807, 2.05) is 6.92 Å². The number of hydrogen-bond acceptors (Lipinski definition) is 1. The lowest BCUT2D eigenvalue weighted by molar-refractivity contribution is 0.865. The van der Waals surface area contributed by atoms with E-state index in [4.69, 9.17) is 5.41 Å². The molecule has 70 valence electrons. The van der Waals surface area contributed by atoms with Crippen LogP contribution in [0.15, 0.2) is 18.2 Å². The van der Waals surface area contributed by atoms with Gasteiger partial charge in [-0.15, -0.1) is 0 Å². The first-order valence-corrected chi connectivity index (χ1v) is 4.68. The summed E-state index contributed by atoms with van der Waals surface area (Å²) in [5.74, 6) is 0.540. The van der Waals surface area contributed by atoms with Crippen molar-refractivity contribution in [3.8, 4) is 0 Å². The van der Waals surface area contributed by atoms with Crippen molar-refractivity contribution in [3.05, 3.63) is 34.9 Å². The number of benzene rings is 1. The second-order valence-electron chi connectivity index (χ2n) is 3.85. The number of hydrogen-bond donors (Lipinski definition) is 1. The van der Waals surface area contributed by atoms with Gasteiger partial charge in [-0.05, 0) is 42.5 Å². The molecular formula is C12H17N. The van der Waals surface area contributed by atoms with Crippen LogP contribution >= 0.6 is 0 Å². The third-order valence-electron chi connectivity index (χ3n) is 2.33. The molecule has 1 N–H and O–H groups in total. The second kappa shape index (κ2) is 3.73. The molecule has 0 bridgehead atoms. The van der Waals surface area contributed by atoms with Gasteiger partial charge in [0.2, 0.25) is 0 Å². The zero-order valence-corrected chi connectivity index (χ0v) is 8.81. The molecule has 0 spiro atoms. The highest BCUT2D eigenvalue weighted by atomic mass is 14.4. The largest absolute Gasteiger partial charge is 0.305 e. The maximum atomic E-state index is 7.61. The van der Waals surface area contributed by atoms with E-state index in [9.17, 15) is 0 Å². The zero-order chi connectivity index (χ0) is 10.0. The minimum Gasteiger partial charge on any atom is -0.305 e. The molecule has 0 saturated carbocycles. The molecule has 0 heterocycles. The van der Waals surface area contributed by atoms with Gasteiger partial charge in [-0.1, -0.05) is 26.0 Å². The number of aryl methyl sites for hydroxylation is 1. The fourth-order valence-corrected chi connectivity index (χ4v) is 1.40. The molecule has 1 heteroatoms. The molecule has 1 aromatic rings. The molecule has 0 aliphatic carbocycles. The summed E-state index contributed by atoms with van der Waals surface area (Å²) < 4.78 is 0. The van der Waals surface area contributed by atoms with E-state index in [1.54, 1.807) is 0 Å². The summed E-state index contributed by atoms with van der Waals surface area (Å²) in [7, 11) is 0. The minimum atomic E-state index is 0.540. The Morgan fingerprint density at radius 1 is 1.31 bits per heavy atom. The van der Waals surface area contributed by atoms with Gasteiger partial charge >= 0.3 is 0 Å². The molecule has 0 unspecified atom stereocenters. The van der Waals surface area contributed by atoms with Gasteiger partial charge in [-0.2, -0.15) is 0 Å². The molecule has 0 radical (unpaired) electrons. The van der Waals surface area contributed by atoms with Crippen molar-refractivity contribution >= 4 is 5.71 Å². The van der Waals surface area contributed by atoms with Crippen LogP contribution < -0.4 is 0 Å². The molecule has 0 aromatic heterocycles. The van der Waals surface area contributed by atoms with E-state index in [2.05, 4.69) is 39.0 Å². The van der Waals surface area contributed by atoms with Crippen molar-refractivity contribution in [1.29, 1.82) is 5.41 Å². The fraction of sp³-hybridized carbons (Fsp3) is 0.417. The SMILES string of the molecule is CC(=N)c1cc(C(C)C)ccc1C. The smallest absolute Gasteiger partial charge is 0.0357 e. The van der Waals surface area contributed by atoms with Gasteiger partial charge in [0.05, 0.1) is 0 Å². The highest BCUT2D eigenvalue weighted by Crippen LogP contribution is 2.18. The summed E-state index contributed by atoms with van der Waals surface area (Å²) in [6.07, 6.45) is 0. The minimum absolute atomic E-state index is 0.540. The van der Waals surface area contributed by atoms with Crippen molar-refractivity contribution in [1.82, 2.24) is 0 Å². The van der Waals surface area contributed by atoms with Gasteiger partial charge in [0.1, 0.15) is 0 Å². The Kier molecular flexibility index (Phi) is 2.86.